The molecule has 0 aromatic heterocycles. The Morgan fingerprint density at radius 2 is 2.04 bits per heavy atom. The van der Waals surface area contributed by atoms with Crippen molar-refractivity contribution in [1.29, 1.82) is 0 Å². The summed E-state index contributed by atoms with van der Waals surface area (Å²) in [5, 5.41) is 10.1. The van der Waals surface area contributed by atoms with Gasteiger partial charge in [-0.05, 0) is 67.3 Å². The van der Waals surface area contributed by atoms with E-state index in [9.17, 15) is 14.7 Å². The van der Waals surface area contributed by atoms with Gasteiger partial charge in [0.25, 0.3) is 0 Å². The number of carbonyl (C=O) groups excluding carboxylic acids is 2. The Bertz CT molecular complexity index is 579. The molecule has 3 saturated carbocycles. The number of Topliss-reactive ketones (excluding diaryl/α,β-unsaturated/α-hetero) is 1. The highest BCUT2D eigenvalue weighted by Crippen LogP contribution is 2.64. The normalized spacial score (nSPS) is 52.2. The van der Waals surface area contributed by atoms with E-state index >= 15 is 0 Å². The van der Waals surface area contributed by atoms with Gasteiger partial charge < -0.3 is 5.11 Å². The number of ketones is 1. The molecule has 0 amide bonds. The van der Waals surface area contributed by atoms with Crippen LogP contribution in [0.4, 0.5) is 0 Å². The van der Waals surface area contributed by atoms with Gasteiger partial charge in [-0.15, -0.1) is 0 Å². The fourth-order valence-corrected chi connectivity index (χ4v) is 6.84. The summed E-state index contributed by atoms with van der Waals surface area (Å²) >= 11 is 0. The van der Waals surface area contributed by atoms with Crippen molar-refractivity contribution in [2.75, 3.05) is 0 Å². The van der Waals surface area contributed by atoms with Gasteiger partial charge in [-0.25, -0.2) is 0 Å². The number of rotatable bonds is 1. The van der Waals surface area contributed by atoms with E-state index in [0.29, 0.717) is 30.0 Å². The van der Waals surface area contributed by atoms with Gasteiger partial charge in [0, 0.05) is 17.8 Å². The summed E-state index contributed by atoms with van der Waals surface area (Å²) in [6, 6.07) is 0. The minimum absolute atomic E-state index is 0.0600. The summed E-state index contributed by atoms with van der Waals surface area (Å²) in [6.07, 6.45) is 9.29. The van der Waals surface area contributed by atoms with Crippen LogP contribution in [-0.2, 0) is 9.59 Å². The minimum atomic E-state index is -0.225. The topological polar surface area (TPSA) is 54.4 Å². The molecule has 3 nitrogen and oxygen atoms in total. The molecular weight excluding hydrogens is 288 g/mol. The van der Waals surface area contributed by atoms with Crippen molar-refractivity contribution in [3.8, 4) is 0 Å². The molecule has 126 valence electrons. The molecule has 3 heteroatoms. The Kier molecular flexibility index (Phi) is 3.39. The Labute approximate surface area is 138 Å². The van der Waals surface area contributed by atoms with Gasteiger partial charge in [-0.2, -0.15) is 0 Å². The lowest BCUT2D eigenvalue weighted by Gasteiger charge is -2.59. The number of hydrogen-bond donors (Lipinski definition) is 1. The van der Waals surface area contributed by atoms with E-state index in [0.717, 1.165) is 50.4 Å². The molecule has 0 heterocycles. The first-order valence-corrected chi connectivity index (χ1v) is 9.27. The first kappa shape index (κ1) is 15.6. The number of fused-ring (bicyclic) bond motifs is 5. The lowest BCUT2D eigenvalue weighted by molar-refractivity contribution is -0.157. The van der Waals surface area contributed by atoms with Gasteiger partial charge in [0.15, 0.2) is 0 Å². The molecule has 23 heavy (non-hydrogen) atoms. The van der Waals surface area contributed by atoms with Crippen LogP contribution in [0.1, 0.15) is 58.8 Å². The van der Waals surface area contributed by atoms with Gasteiger partial charge >= 0.3 is 0 Å². The summed E-state index contributed by atoms with van der Waals surface area (Å²) in [4.78, 5) is 24.6. The lowest BCUT2D eigenvalue weighted by atomic mass is 9.44. The molecule has 0 spiro atoms. The van der Waals surface area contributed by atoms with Crippen molar-refractivity contribution in [3.05, 3.63) is 11.6 Å². The van der Waals surface area contributed by atoms with Crippen molar-refractivity contribution in [2.45, 2.75) is 64.9 Å². The molecule has 0 radical (unpaired) electrons. The predicted octanol–water partition coefficient (Wildman–Crippen LogP) is 3.30. The van der Waals surface area contributed by atoms with Crippen LogP contribution in [0.15, 0.2) is 11.6 Å². The average molecular weight is 316 g/mol. The standard InChI is InChI=1S/C20H28O3/c1-19-8-7-14(22)9-12(19)3-5-15-16-6-4-13(11-21)20(16,2)10-17(23)18(15)19/h4,11-12,14-16,18,22H,3,5-10H2,1-2H3. The molecule has 7 atom stereocenters. The van der Waals surface area contributed by atoms with Crippen molar-refractivity contribution >= 4 is 12.1 Å². The van der Waals surface area contributed by atoms with Crippen LogP contribution in [-0.4, -0.2) is 23.3 Å². The smallest absolute Gasteiger partial charge is 0.146 e. The van der Waals surface area contributed by atoms with Crippen molar-refractivity contribution in [3.63, 3.8) is 0 Å². The van der Waals surface area contributed by atoms with Crippen LogP contribution in [0.5, 0.6) is 0 Å². The highest BCUT2D eigenvalue weighted by Gasteiger charge is 2.61. The Hall–Kier alpha value is -0.960. The van der Waals surface area contributed by atoms with Gasteiger partial charge in [-0.1, -0.05) is 19.9 Å². The zero-order chi connectivity index (χ0) is 16.4. The van der Waals surface area contributed by atoms with E-state index in [2.05, 4.69) is 19.9 Å². The van der Waals surface area contributed by atoms with Crippen molar-refractivity contribution in [2.24, 2.45) is 34.5 Å². The molecule has 0 aliphatic heterocycles. The average Bonchev–Trinajstić information content (AvgIpc) is 2.83. The van der Waals surface area contributed by atoms with E-state index in [-0.39, 0.29) is 22.9 Å². The molecule has 3 fully saturated rings. The van der Waals surface area contributed by atoms with Crippen molar-refractivity contribution in [1.82, 2.24) is 0 Å². The van der Waals surface area contributed by atoms with Crippen LogP contribution in [0.2, 0.25) is 0 Å². The highest BCUT2D eigenvalue weighted by molar-refractivity contribution is 5.88. The predicted molar refractivity (Wildman–Crippen MR) is 87.7 cm³/mol. The Balaban J connectivity index is 1.70. The maximum atomic E-state index is 13.2. The van der Waals surface area contributed by atoms with E-state index in [1.807, 2.05) is 0 Å². The van der Waals surface area contributed by atoms with Crippen LogP contribution in [0.3, 0.4) is 0 Å². The molecule has 4 rings (SSSR count). The second kappa shape index (κ2) is 5.02. The first-order chi connectivity index (χ1) is 10.9. The SMILES string of the molecule is CC12CC(=O)C3C(CCC4CC(O)CCC43C)C1CC=C2C=O. The first-order valence-electron chi connectivity index (χ1n) is 9.27. The van der Waals surface area contributed by atoms with E-state index in [1.54, 1.807) is 0 Å². The second-order valence-corrected chi connectivity index (χ2v) is 9.03. The van der Waals surface area contributed by atoms with Crippen LogP contribution in [0, 0.1) is 34.5 Å². The quantitative estimate of drug-likeness (QED) is 0.755. The van der Waals surface area contributed by atoms with Gasteiger partial charge in [0.2, 0.25) is 0 Å². The fraction of sp³-hybridized carbons (Fsp3) is 0.800. The Morgan fingerprint density at radius 3 is 2.78 bits per heavy atom. The number of carbonyl (C=O) groups is 2. The number of aliphatic hydroxyl groups excluding tert-OH is 1. The monoisotopic (exact) mass is 316 g/mol. The van der Waals surface area contributed by atoms with E-state index in [1.165, 1.54) is 0 Å². The van der Waals surface area contributed by atoms with Crippen molar-refractivity contribution < 1.29 is 14.7 Å². The highest BCUT2D eigenvalue weighted by atomic mass is 16.3. The largest absolute Gasteiger partial charge is 0.393 e. The zero-order valence-corrected chi connectivity index (χ0v) is 14.3. The minimum Gasteiger partial charge on any atom is -0.393 e. The lowest BCUT2D eigenvalue weighted by Crippen LogP contribution is -2.57. The van der Waals surface area contributed by atoms with Crippen LogP contribution >= 0.6 is 0 Å². The fourth-order valence-electron chi connectivity index (χ4n) is 6.84. The molecule has 0 bridgehead atoms. The third-order valence-corrected chi connectivity index (χ3v) is 8.09. The summed E-state index contributed by atoms with van der Waals surface area (Å²) in [7, 11) is 0. The summed E-state index contributed by atoms with van der Waals surface area (Å²) in [6.45, 7) is 4.45. The molecule has 0 aromatic carbocycles. The number of aliphatic hydroxyl groups is 1. The number of allylic oxidation sites excluding steroid dienone is 2. The molecule has 4 aliphatic carbocycles. The van der Waals surface area contributed by atoms with Crippen LogP contribution in [0.25, 0.3) is 0 Å². The Morgan fingerprint density at radius 1 is 1.26 bits per heavy atom. The third kappa shape index (κ3) is 1.98. The third-order valence-electron chi connectivity index (χ3n) is 8.09. The molecule has 0 aromatic rings. The summed E-state index contributed by atoms with van der Waals surface area (Å²) in [5.74, 6) is 1.89. The number of hydrogen-bond acceptors (Lipinski definition) is 3. The maximum absolute atomic E-state index is 13.2. The molecule has 7 unspecified atom stereocenters. The number of aldehydes is 1. The van der Waals surface area contributed by atoms with Gasteiger partial charge in [0.1, 0.15) is 12.1 Å². The maximum Gasteiger partial charge on any atom is 0.146 e. The molecule has 4 aliphatic rings. The van der Waals surface area contributed by atoms with E-state index < -0.39 is 0 Å². The molecule has 1 N–H and O–H groups in total. The molecular formula is C20H28O3. The second-order valence-electron chi connectivity index (χ2n) is 9.03. The van der Waals surface area contributed by atoms with Gasteiger partial charge in [-0.3, -0.25) is 9.59 Å². The zero-order valence-electron chi connectivity index (χ0n) is 14.3. The summed E-state index contributed by atoms with van der Waals surface area (Å²) in [5.41, 5.74) is 0.697. The van der Waals surface area contributed by atoms with Crippen LogP contribution < -0.4 is 0 Å². The summed E-state index contributed by atoms with van der Waals surface area (Å²) < 4.78 is 0. The van der Waals surface area contributed by atoms with Gasteiger partial charge in [0.05, 0.1) is 6.10 Å². The molecule has 0 saturated heterocycles. The van der Waals surface area contributed by atoms with E-state index in [4.69, 9.17) is 0 Å².